The minimum Gasteiger partial charge on any atom is -0.497 e. The monoisotopic (exact) mass is 449 g/mol. The number of benzene rings is 3. The van der Waals surface area contributed by atoms with Gasteiger partial charge in [-0.25, -0.2) is 5.43 Å². The molecule has 0 spiro atoms. The number of halogens is 1. The Hall–Kier alpha value is -3.12. The van der Waals surface area contributed by atoms with Crippen LogP contribution < -0.4 is 15.1 Å². The van der Waals surface area contributed by atoms with Crippen LogP contribution in [0.2, 0.25) is 0 Å². The van der Waals surface area contributed by atoms with Crippen LogP contribution in [0.4, 0.5) is 5.69 Å². The van der Waals surface area contributed by atoms with Gasteiger partial charge in [0.1, 0.15) is 5.75 Å². The van der Waals surface area contributed by atoms with Crippen LogP contribution in [-0.2, 0) is 13.1 Å². The minimum atomic E-state index is -0.218. The van der Waals surface area contributed by atoms with Gasteiger partial charge in [-0.2, -0.15) is 5.10 Å². The van der Waals surface area contributed by atoms with Crippen molar-refractivity contribution in [1.29, 1.82) is 0 Å². The van der Waals surface area contributed by atoms with Crippen LogP contribution in [-0.4, -0.2) is 19.2 Å². The lowest BCUT2D eigenvalue weighted by atomic mass is 10.1. The molecule has 1 aliphatic heterocycles. The van der Waals surface area contributed by atoms with Crippen molar-refractivity contribution in [2.45, 2.75) is 13.1 Å². The van der Waals surface area contributed by atoms with Crippen molar-refractivity contribution in [2.24, 2.45) is 5.10 Å². The predicted octanol–water partition coefficient (Wildman–Crippen LogP) is 4.74. The third kappa shape index (κ3) is 4.49. The van der Waals surface area contributed by atoms with Crippen molar-refractivity contribution in [3.05, 3.63) is 93.5 Å². The first-order valence-electron chi connectivity index (χ1n) is 9.22. The molecule has 0 bridgehead atoms. The van der Waals surface area contributed by atoms with Gasteiger partial charge in [0.05, 0.1) is 13.3 Å². The molecular formula is C23H20BrN3O2. The number of anilines is 1. The number of hydrogen-bond acceptors (Lipinski definition) is 4. The predicted molar refractivity (Wildman–Crippen MR) is 119 cm³/mol. The van der Waals surface area contributed by atoms with Gasteiger partial charge in [-0.05, 0) is 65.2 Å². The summed E-state index contributed by atoms with van der Waals surface area (Å²) in [6.07, 6.45) is 1.63. The van der Waals surface area contributed by atoms with E-state index in [2.05, 4.69) is 43.5 Å². The van der Waals surface area contributed by atoms with Gasteiger partial charge in [-0.1, -0.05) is 34.1 Å². The van der Waals surface area contributed by atoms with E-state index in [-0.39, 0.29) is 5.91 Å². The molecule has 0 saturated carbocycles. The first kappa shape index (κ1) is 19.2. The fourth-order valence-electron chi connectivity index (χ4n) is 3.29. The lowest BCUT2D eigenvalue weighted by Crippen LogP contribution is -2.17. The summed E-state index contributed by atoms with van der Waals surface area (Å²) in [7, 11) is 1.66. The maximum absolute atomic E-state index is 12.5. The number of nitrogens with zero attached hydrogens (tertiary/aromatic N) is 2. The smallest absolute Gasteiger partial charge is 0.271 e. The fraction of sp³-hybridized carbons (Fsp3) is 0.130. The average molecular weight is 450 g/mol. The summed E-state index contributed by atoms with van der Waals surface area (Å²) >= 11 is 3.39. The topological polar surface area (TPSA) is 53.9 Å². The SMILES string of the molecule is COc1ccc(N2Cc3ccc(C(=O)NN=Cc4ccc(Br)cc4)cc3C2)cc1. The van der Waals surface area contributed by atoms with E-state index in [0.29, 0.717) is 5.56 Å². The summed E-state index contributed by atoms with van der Waals surface area (Å²) in [6, 6.07) is 21.5. The Morgan fingerprint density at radius 1 is 1.03 bits per heavy atom. The van der Waals surface area contributed by atoms with Gasteiger partial charge in [-0.3, -0.25) is 4.79 Å². The van der Waals surface area contributed by atoms with Crippen molar-refractivity contribution in [3.8, 4) is 5.75 Å². The molecule has 146 valence electrons. The number of hydrazone groups is 1. The minimum absolute atomic E-state index is 0.218. The van der Waals surface area contributed by atoms with Crippen LogP contribution in [0.1, 0.15) is 27.0 Å². The second-order valence-corrected chi connectivity index (χ2v) is 7.70. The molecule has 0 aromatic heterocycles. The number of methoxy groups -OCH3 is 1. The Morgan fingerprint density at radius 3 is 2.48 bits per heavy atom. The lowest BCUT2D eigenvalue weighted by Gasteiger charge is -2.17. The van der Waals surface area contributed by atoms with E-state index >= 15 is 0 Å². The molecule has 3 aromatic carbocycles. The third-order valence-corrected chi connectivity index (χ3v) is 5.41. The van der Waals surface area contributed by atoms with Crippen molar-refractivity contribution >= 4 is 33.7 Å². The third-order valence-electron chi connectivity index (χ3n) is 4.88. The van der Waals surface area contributed by atoms with Crippen molar-refractivity contribution < 1.29 is 9.53 Å². The maximum atomic E-state index is 12.5. The molecular weight excluding hydrogens is 430 g/mol. The number of carbonyl (C=O) groups is 1. The van der Waals surface area contributed by atoms with E-state index in [1.54, 1.807) is 13.3 Å². The Morgan fingerprint density at radius 2 is 1.76 bits per heavy atom. The summed E-state index contributed by atoms with van der Waals surface area (Å²) in [4.78, 5) is 14.7. The van der Waals surface area contributed by atoms with E-state index in [0.717, 1.165) is 40.1 Å². The molecule has 29 heavy (non-hydrogen) atoms. The van der Waals surface area contributed by atoms with Crippen LogP contribution >= 0.6 is 15.9 Å². The van der Waals surface area contributed by atoms with E-state index in [1.807, 2.05) is 54.6 Å². The van der Waals surface area contributed by atoms with Crippen LogP contribution in [0.25, 0.3) is 0 Å². The Labute approximate surface area is 178 Å². The molecule has 1 amide bonds. The molecule has 0 fully saturated rings. The zero-order chi connectivity index (χ0) is 20.2. The fourth-order valence-corrected chi connectivity index (χ4v) is 3.55. The van der Waals surface area contributed by atoms with Crippen molar-refractivity contribution in [3.63, 3.8) is 0 Å². The van der Waals surface area contributed by atoms with Gasteiger partial charge in [0.2, 0.25) is 0 Å². The summed E-state index contributed by atoms with van der Waals surface area (Å²) in [5.41, 5.74) is 7.64. The summed E-state index contributed by atoms with van der Waals surface area (Å²) < 4.78 is 6.23. The first-order chi connectivity index (χ1) is 14.1. The molecule has 6 heteroatoms. The molecule has 0 unspecified atom stereocenters. The Bertz CT molecular complexity index is 1050. The second kappa shape index (κ2) is 8.49. The molecule has 0 radical (unpaired) electrons. The zero-order valence-electron chi connectivity index (χ0n) is 15.9. The largest absolute Gasteiger partial charge is 0.497 e. The van der Waals surface area contributed by atoms with Crippen LogP contribution in [0.5, 0.6) is 5.75 Å². The first-order valence-corrected chi connectivity index (χ1v) is 10.0. The summed E-state index contributed by atoms with van der Waals surface area (Å²) in [5.74, 6) is 0.622. The van der Waals surface area contributed by atoms with Gasteiger partial charge in [0.25, 0.3) is 5.91 Å². The standard InChI is InChI=1S/C23H20BrN3O2/c1-29-22-10-8-21(9-11-22)27-14-18-5-4-17(12-19(18)15-27)23(28)26-25-13-16-2-6-20(24)7-3-16/h2-13H,14-15H2,1H3,(H,26,28). The normalized spacial score (nSPS) is 12.8. The molecule has 5 nitrogen and oxygen atoms in total. The van der Waals surface area contributed by atoms with Gasteiger partial charge in [-0.15, -0.1) is 0 Å². The van der Waals surface area contributed by atoms with E-state index in [4.69, 9.17) is 4.74 Å². The molecule has 1 heterocycles. The number of carbonyl (C=O) groups excluding carboxylic acids is 1. The highest BCUT2D eigenvalue weighted by molar-refractivity contribution is 9.10. The van der Waals surface area contributed by atoms with Gasteiger partial charge in [0.15, 0.2) is 0 Å². The number of ether oxygens (including phenoxy) is 1. The number of hydrogen-bond donors (Lipinski definition) is 1. The molecule has 1 N–H and O–H groups in total. The molecule has 0 saturated heterocycles. The number of rotatable bonds is 5. The molecule has 1 aliphatic rings. The molecule has 0 atom stereocenters. The molecule has 0 aliphatic carbocycles. The zero-order valence-corrected chi connectivity index (χ0v) is 17.5. The highest BCUT2D eigenvalue weighted by atomic mass is 79.9. The van der Waals surface area contributed by atoms with Crippen LogP contribution in [0.3, 0.4) is 0 Å². The van der Waals surface area contributed by atoms with Crippen LogP contribution in [0.15, 0.2) is 76.3 Å². The summed E-state index contributed by atoms with van der Waals surface area (Å²) in [5, 5.41) is 4.06. The van der Waals surface area contributed by atoms with Gasteiger partial charge >= 0.3 is 0 Å². The second-order valence-electron chi connectivity index (χ2n) is 6.79. The molecule has 3 aromatic rings. The highest BCUT2D eigenvalue weighted by Crippen LogP contribution is 2.30. The number of nitrogens with one attached hydrogen (secondary N) is 1. The van der Waals surface area contributed by atoms with E-state index in [9.17, 15) is 4.79 Å². The maximum Gasteiger partial charge on any atom is 0.271 e. The lowest BCUT2D eigenvalue weighted by molar-refractivity contribution is 0.0955. The highest BCUT2D eigenvalue weighted by Gasteiger charge is 2.20. The van der Waals surface area contributed by atoms with Crippen molar-refractivity contribution in [2.75, 3.05) is 12.0 Å². The Balaban J connectivity index is 1.41. The number of fused-ring (bicyclic) bond motifs is 1. The van der Waals surface area contributed by atoms with Crippen LogP contribution in [0, 0.1) is 0 Å². The van der Waals surface area contributed by atoms with Gasteiger partial charge in [0, 0.05) is 28.8 Å². The van der Waals surface area contributed by atoms with E-state index in [1.165, 1.54) is 5.56 Å². The molecule has 4 rings (SSSR count). The van der Waals surface area contributed by atoms with E-state index < -0.39 is 0 Å². The Kier molecular flexibility index (Phi) is 5.62. The number of amides is 1. The van der Waals surface area contributed by atoms with Gasteiger partial charge < -0.3 is 9.64 Å². The van der Waals surface area contributed by atoms with Crippen molar-refractivity contribution in [1.82, 2.24) is 5.43 Å². The summed E-state index contributed by atoms with van der Waals surface area (Å²) in [6.45, 7) is 1.59. The average Bonchev–Trinajstić information content (AvgIpc) is 3.18. The quantitative estimate of drug-likeness (QED) is 0.451.